The van der Waals surface area contributed by atoms with E-state index in [0.29, 0.717) is 43.5 Å². The van der Waals surface area contributed by atoms with Crippen LogP contribution in [-0.2, 0) is 40.1 Å². The number of Topliss-reactive ketones (excluding diaryl/α,β-unsaturated/α-hetero) is 1. The van der Waals surface area contributed by atoms with E-state index in [1.165, 1.54) is 16.7 Å². The van der Waals surface area contributed by atoms with E-state index < -0.39 is 30.3 Å². The number of rotatable bonds is 20. The second-order valence-corrected chi connectivity index (χ2v) is 12.3. The van der Waals surface area contributed by atoms with Crippen LogP contribution in [0.25, 0.3) is 0 Å². The minimum Gasteiger partial charge on any atom is -0.463 e. The molecule has 248 valence electrons. The van der Waals surface area contributed by atoms with Crippen molar-refractivity contribution >= 4 is 59.3 Å². The van der Waals surface area contributed by atoms with Crippen molar-refractivity contribution in [3.8, 4) is 0 Å². The van der Waals surface area contributed by atoms with Crippen molar-refractivity contribution in [1.82, 2.24) is 15.5 Å². The molecule has 1 aromatic carbocycles. The summed E-state index contributed by atoms with van der Waals surface area (Å²) in [5.41, 5.74) is 6.21. The second-order valence-electron chi connectivity index (χ2n) is 11.3. The predicted octanol–water partition coefficient (Wildman–Crippen LogP) is 2.51. The number of imide groups is 1. The molecule has 14 heteroatoms. The molecule has 1 saturated heterocycles. The lowest BCUT2D eigenvalue weighted by atomic mass is 9.89. The number of carbonyl (C=O) groups excluding carboxylic acids is 7. The van der Waals surface area contributed by atoms with Crippen LogP contribution in [0.4, 0.5) is 10.5 Å². The minimum atomic E-state index is -1.15. The van der Waals surface area contributed by atoms with Gasteiger partial charge >= 0.3 is 6.03 Å². The Kier molecular flexibility index (Phi) is 15.4. The summed E-state index contributed by atoms with van der Waals surface area (Å²) in [5.74, 6) is -2.33. The Bertz CT molecular complexity index is 1250. The Labute approximate surface area is 269 Å². The van der Waals surface area contributed by atoms with Gasteiger partial charge in [-0.2, -0.15) is 11.8 Å². The standard InChI is InChI=1S/C31H45N5O8S/c1-20(2)28(35-26(39)9-5-4-6-15-36-27(40)17-25(45-3)30(36)42)24(38)16-22(8-7-14-33-31(32)43)29(41)34-23-12-10-21(11-13-23)18-44-19-37/h10-13,19-20,22,25,28H,4-9,14-18H2,1-3H3,(H,34,41)(H,35,39)(H3,32,33,43)/t22-,25?,28+/m1/s1/i19D. The average Bonchev–Trinajstić information content (AvgIpc) is 3.28. The number of anilines is 1. The molecule has 1 aliphatic heterocycles. The third-order valence-corrected chi connectivity index (χ3v) is 8.41. The molecule has 0 spiro atoms. The monoisotopic (exact) mass is 648 g/mol. The highest BCUT2D eigenvalue weighted by molar-refractivity contribution is 8.00. The SMILES string of the molecule is [2H]C(=O)OCc1ccc(NC(=O)[C@H](CCCNC(N)=O)CC(=O)[C@@H](NC(=O)CCCCCN2C(=O)CC(SC)C2=O)C(C)C)cc1. The lowest BCUT2D eigenvalue weighted by Crippen LogP contribution is -2.45. The van der Waals surface area contributed by atoms with Gasteiger partial charge in [-0.25, -0.2) is 4.79 Å². The molecule has 6 amide bonds. The van der Waals surface area contributed by atoms with E-state index >= 15 is 0 Å². The lowest BCUT2D eigenvalue weighted by molar-refractivity contribution is -0.138. The fourth-order valence-corrected chi connectivity index (χ4v) is 5.60. The highest BCUT2D eigenvalue weighted by Gasteiger charge is 2.37. The van der Waals surface area contributed by atoms with Crippen LogP contribution in [0, 0.1) is 11.8 Å². The van der Waals surface area contributed by atoms with Crippen LogP contribution in [0.5, 0.6) is 0 Å². The number of thioether (sulfide) groups is 1. The number of nitrogens with two attached hydrogens (primary N) is 1. The Morgan fingerprint density at radius 1 is 1.13 bits per heavy atom. The lowest BCUT2D eigenvalue weighted by Gasteiger charge is -2.24. The van der Waals surface area contributed by atoms with Gasteiger partial charge in [0.1, 0.15) is 6.61 Å². The third kappa shape index (κ3) is 12.9. The highest BCUT2D eigenvalue weighted by Crippen LogP contribution is 2.24. The first-order chi connectivity index (χ1) is 21.8. The molecule has 45 heavy (non-hydrogen) atoms. The van der Waals surface area contributed by atoms with Crippen molar-refractivity contribution < 1.29 is 39.7 Å². The zero-order valence-electron chi connectivity index (χ0n) is 27.1. The highest BCUT2D eigenvalue weighted by atomic mass is 32.2. The van der Waals surface area contributed by atoms with E-state index in [2.05, 4.69) is 20.7 Å². The largest absolute Gasteiger partial charge is 0.463 e. The maximum absolute atomic E-state index is 13.4. The van der Waals surface area contributed by atoms with Crippen LogP contribution < -0.4 is 21.7 Å². The van der Waals surface area contributed by atoms with E-state index in [9.17, 15) is 33.6 Å². The normalized spacial score (nSPS) is 16.1. The molecule has 0 aliphatic carbocycles. The molecule has 2 rings (SSSR count). The minimum absolute atomic E-state index is 0.0811. The molecule has 3 atom stereocenters. The molecule has 1 unspecified atom stereocenters. The Balaban J connectivity index is 1.93. The van der Waals surface area contributed by atoms with Crippen molar-refractivity contribution in [2.75, 3.05) is 24.7 Å². The number of urea groups is 1. The van der Waals surface area contributed by atoms with E-state index in [-0.39, 0.29) is 73.5 Å². The Morgan fingerprint density at radius 2 is 1.84 bits per heavy atom. The van der Waals surface area contributed by atoms with Crippen LogP contribution in [0.2, 0.25) is 0 Å². The molecule has 0 aromatic heterocycles. The van der Waals surface area contributed by atoms with Crippen molar-refractivity contribution in [1.29, 1.82) is 0 Å². The van der Waals surface area contributed by atoms with Gasteiger partial charge in [-0.3, -0.25) is 33.7 Å². The molecular weight excluding hydrogens is 602 g/mol. The molecule has 0 bridgehead atoms. The summed E-state index contributed by atoms with van der Waals surface area (Å²) in [6.45, 7) is 4.08. The summed E-state index contributed by atoms with van der Waals surface area (Å²) in [7, 11) is 0. The first-order valence-electron chi connectivity index (χ1n) is 15.6. The van der Waals surface area contributed by atoms with E-state index in [1.807, 2.05) is 0 Å². The topological polar surface area (TPSA) is 194 Å². The van der Waals surface area contributed by atoms with Gasteiger partial charge in [0.2, 0.25) is 23.6 Å². The maximum Gasteiger partial charge on any atom is 0.312 e. The fraction of sp³-hybridized carbons (Fsp3) is 0.581. The molecule has 0 saturated carbocycles. The molecule has 0 radical (unpaired) electrons. The number of hydrogen-bond acceptors (Lipinski definition) is 9. The number of ketones is 1. The van der Waals surface area contributed by atoms with Gasteiger partial charge in [-0.15, -0.1) is 0 Å². The molecule has 1 heterocycles. The zero-order valence-corrected chi connectivity index (χ0v) is 26.9. The number of nitrogens with zero attached hydrogens (tertiary/aromatic N) is 1. The number of benzene rings is 1. The number of carbonyl (C=O) groups is 7. The van der Waals surface area contributed by atoms with Crippen LogP contribution in [0.15, 0.2) is 24.3 Å². The number of hydrogen-bond donors (Lipinski definition) is 4. The van der Waals surface area contributed by atoms with Gasteiger partial charge in [0, 0.05) is 44.0 Å². The third-order valence-electron chi connectivity index (χ3n) is 7.47. The van der Waals surface area contributed by atoms with Crippen LogP contribution in [0.1, 0.15) is 72.1 Å². The number of likely N-dealkylation sites (tertiary alicyclic amines) is 1. The van der Waals surface area contributed by atoms with Crippen molar-refractivity contribution in [3.63, 3.8) is 0 Å². The van der Waals surface area contributed by atoms with Gasteiger partial charge < -0.3 is 26.4 Å². The first kappa shape index (κ1) is 35.5. The predicted molar refractivity (Wildman–Crippen MR) is 170 cm³/mol. The van der Waals surface area contributed by atoms with Gasteiger partial charge in [0.15, 0.2) is 7.15 Å². The molecular formula is C31H45N5O8S. The zero-order chi connectivity index (χ0) is 34.2. The summed E-state index contributed by atoms with van der Waals surface area (Å²) in [5, 5.41) is 7.75. The summed E-state index contributed by atoms with van der Waals surface area (Å²) in [6.07, 6.45) is 3.30. The van der Waals surface area contributed by atoms with Crippen molar-refractivity contribution in [2.45, 2.75) is 83.1 Å². The smallest absolute Gasteiger partial charge is 0.312 e. The van der Waals surface area contributed by atoms with E-state index in [4.69, 9.17) is 7.10 Å². The van der Waals surface area contributed by atoms with Crippen LogP contribution >= 0.6 is 11.8 Å². The molecule has 1 fully saturated rings. The number of ether oxygens (including phenoxy) is 1. The molecule has 5 N–H and O–H groups in total. The summed E-state index contributed by atoms with van der Waals surface area (Å²) in [4.78, 5) is 86.8. The summed E-state index contributed by atoms with van der Waals surface area (Å²) < 4.78 is 11.5. The van der Waals surface area contributed by atoms with Crippen molar-refractivity contribution in [3.05, 3.63) is 29.8 Å². The maximum atomic E-state index is 13.4. The van der Waals surface area contributed by atoms with Crippen LogP contribution in [-0.4, -0.2) is 77.4 Å². The number of primary amides is 1. The Morgan fingerprint density at radius 3 is 2.44 bits per heavy atom. The van der Waals surface area contributed by atoms with Gasteiger partial charge in [-0.05, 0) is 55.6 Å². The Hall–Kier alpha value is -3.94. The van der Waals surface area contributed by atoms with Gasteiger partial charge in [-0.1, -0.05) is 32.4 Å². The summed E-state index contributed by atoms with van der Waals surface area (Å²) in [6, 6.07) is 4.97. The van der Waals surface area contributed by atoms with E-state index in [1.54, 1.807) is 44.4 Å². The fourth-order valence-electron chi connectivity index (χ4n) is 4.97. The summed E-state index contributed by atoms with van der Waals surface area (Å²) >= 11 is 1.37. The second kappa shape index (κ2) is 19.4. The number of amides is 6. The van der Waals surface area contributed by atoms with Crippen LogP contribution in [0.3, 0.4) is 0 Å². The molecule has 1 aliphatic rings. The molecule has 1 aromatic rings. The van der Waals surface area contributed by atoms with Gasteiger partial charge in [0.25, 0.3) is 6.45 Å². The first-order valence-corrected chi connectivity index (χ1v) is 16.4. The average molecular weight is 649 g/mol. The number of unbranched alkanes of at least 4 members (excludes halogenated alkanes) is 2. The van der Waals surface area contributed by atoms with Gasteiger partial charge in [0.05, 0.1) is 11.3 Å². The quantitative estimate of drug-likeness (QED) is 0.0934. The van der Waals surface area contributed by atoms with E-state index in [0.717, 1.165) is 0 Å². The van der Waals surface area contributed by atoms with Crippen molar-refractivity contribution in [2.24, 2.45) is 17.6 Å². The molecule has 13 nitrogen and oxygen atoms in total. The number of nitrogens with one attached hydrogen (secondary N) is 3.